The Labute approximate surface area is 234 Å². The van der Waals surface area contributed by atoms with E-state index in [1.807, 2.05) is 0 Å². The Balaban J connectivity index is 1.37. The number of carbonyl (C=O) groups is 2. The van der Waals surface area contributed by atoms with Gasteiger partial charge in [0.25, 0.3) is 5.91 Å². The van der Waals surface area contributed by atoms with Crippen molar-refractivity contribution >= 4 is 33.3 Å². The van der Waals surface area contributed by atoms with Gasteiger partial charge in [-0.05, 0) is 94.0 Å². The third-order valence-corrected chi connectivity index (χ3v) is 9.86. The molecular formula is C27H38N4O6S2. The van der Waals surface area contributed by atoms with E-state index < -0.39 is 33.1 Å². The van der Waals surface area contributed by atoms with E-state index in [0.717, 1.165) is 55.4 Å². The molecule has 4 N–H and O–H groups in total. The van der Waals surface area contributed by atoms with Crippen molar-refractivity contribution in [3.05, 3.63) is 45.1 Å². The summed E-state index contributed by atoms with van der Waals surface area (Å²) in [6.45, 7) is 7.02. The summed E-state index contributed by atoms with van der Waals surface area (Å²) in [4.78, 5) is 28.9. The zero-order chi connectivity index (χ0) is 28.4. The molecule has 0 aliphatic heterocycles. The highest BCUT2D eigenvalue weighted by molar-refractivity contribution is 7.93. The summed E-state index contributed by atoms with van der Waals surface area (Å²) in [6.07, 6.45) is 6.95. The van der Waals surface area contributed by atoms with Crippen molar-refractivity contribution in [3.63, 3.8) is 0 Å². The number of thiazole rings is 1. The van der Waals surface area contributed by atoms with Gasteiger partial charge in [0.05, 0.1) is 25.8 Å². The van der Waals surface area contributed by atoms with Crippen LogP contribution >= 0.6 is 11.3 Å². The second-order valence-corrected chi connectivity index (χ2v) is 14.4. The first kappa shape index (κ1) is 29.6. The highest BCUT2D eigenvalue weighted by atomic mass is 32.2. The molecule has 12 heteroatoms. The van der Waals surface area contributed by atoms with Crippen molar-refractivity contribution in [2.45, 2.75) is 88.1 Å². The number of fused-ring (bicyclic) bond motifs is 2. The zero-order valence-corrected chi connectivity index (χ0v) is 24.6. The van der Waals surface area contributed by atoms with Crippen molar-refractivity contribution in [1.82, 2.24) is 10.3 Å². The molecular weight excluding hydrogens is 540 g/mol. The molecule has 39 heavy (non-hydrogen) atoms. The van der Waals surface area contributed by atoms with Gasteiger partial charge in [-0.2, -0.15) is 0 Å². The van der Waals surface area contributed by atoms with Gasteiger partial charge in [-0.25, -0.2) is 19.1 Å². The molecule has 2 unspecified atom stereocenters. The number of aromatic nitrogens is 1. The SMILES string of the molecule is CC(C)(C)OC(=O)NCCOCC(C)(O)c1ncc(S(N)(=O)=NC(=O)Cc2c3c(cc4c2CCC4)CCC3)s1. The van der Waals surface area contributed by atoms with E-state index in [-0.39, 0.29) is 35.4 Å². The number of nitrogens with zero attached hydrogens (tertiary/aromatic N) is 2. The van der Waals surface area contributed by atoms with Gasteiger partial charge in [0.1, 0.15) is 20.4 Å². The summed E-state index contributed by atoms with van der Waals surface area (Å²) in [5.74, 6) is -0.514. The van der Waals surface area contributed by atoms with Crippen LogP contribution in [0.2, 0.25) is 0 Å². The van der Waals surface area contributed by atoms with Crippen LogP contribution in [0, 0.1) is 0 Å². The molecule has 0 fully saturated rings. The predicted octanol–water partition coefficient (Wildman–Crippen LogP) is 3.34. The van der Waals surface area contributed by atoms with Crippen LogP contribution in [0.4, 0.5) is 4.79 Å². The lowest BCUT2D eigenvalue weighted by Gasteiger charge is -2.21. The van der Waals surface area contributed by atoms with Crippen LogP contribution in [0.1, 0.15) is 73.4 Å². The standard InChI is InChI=1S/C27H38N4O6S2/c1-26(2,3)37-25(33)29-11-12-36-16-27(4,34)24-30-15-23(38-24)39(28,35)31-22(32)14-21-19-9-5-7-17(19)13-18-8-6-10-20(18)21/h13,15,34H,5-12,14,16H2,1-4H3,(H,29,33)(H2,28,31,32,35). The molecule has 1 heterocycles. The number of aryl methyl sites for hydroxylation is 2. The van der Waals surface area contributed by atoms with Gasteiger partial charge in [0.15, 0.2) is 9.92 Å². The maximum atomic E-state index is 13.3. The summed E-state index contributed by atoms with van der Waals surface area (Å²) < 4.78 is 27.9. The summed E-state index contributed by atoms with van der Waals surface area (Å²) in [7, 11) is -3.53. The summed E-state index contributed by atoms with van der Waals surface area (Å²) in [5.41, 5.74) is 4.10. The number of aliphatic hydroxyl groups is 1. The number of carbonyl (C=O) groups excluding carboxylic acids is 2. The summed E-state index contributed by atoms with van der Waals surface area (Å²) >= 11 is 0.933. The second kappa shape index (κ2) is 11.6. The van der Waals surface area contributed by atoms with Crippen LogP contribution in [0.25, 0.3) is 0 Å². The molecule has 2 aliphatic rings. The molecule has 2 aromatic rings. The van der Waals surface area contributed by atoms with Crippen molar-refractivity contribution in [1.29, 1.82) is 0 Å². The maximum Gasteiger partial charge on any atom is 0.407 e. The Morgan fingerprint density at radius 3 is 2.41 bits per heavy atom. The van der Waals surface area contributed by atoms with Crippen molar-refractivity contribution < 1.29 is 28.4 Å². The van der Waals surface area contributed by atoms with Gasteiger partial charge in [0.2, 0.25) is 0 Å². The van der Waals surface area contributed by atoms with E-state index in [1.54, 1.807) is 20.8 Å². The minimum atomic E-state index is -3.53. The Morgan fingerprint density at radius 2 is 1.79 bits per heavy atom. The highest BCUT2D eigenvalue weighted by Crippen LogP contribution is 2.36. The first-order chi connectivity index (χ1) is 18.2. The highest BCUT2D eigenvalue weighted by Gasteiger charge is 2.30. The van der Waals surface area contributed by atoms with Gasteiger partial charge in [-0.1, -0.05) is 6.07 Å². The molecule has 0 spiro atoms. The minimum Gasteiger partial charge on any atom is -0.444 e. The lowest BCUT2D eigenvalue weighted by molar-refractivity contribution is -0.117. The van der Waals surface area contributed by atoms with E-state index >= 15 is 0 Å². The topological polar surface area (TPSA) is 153 Å². The van der Waals surface area contributed by atoms with Gasteiger partial charge in [-0.15, -0.1) is 15.7 Å². The number of rotatable bonds is 9. The van der Waals surface area contributed by atoms with Gasteiger partial charge < -0.3 is 19.9 Å². The maximum absolute atomic E-state index is 13.3. The normalized spacial score (nSPS) is 17.6. The molecule has 10 nitrogen and oxygen atoms in total. The van der Waals surface area contributed by atoms with E-state index in [2.05, 4.69) is 20.7 Å². The van der Waals surface area contributed by atoms with Gasteiger partial charge in [-0.3, -0.25) is 4.79 Å². The third-order valence-electron chi connectivity index (χ3n) is 6.69. The molecule has 0 bridgehead atoms. The number of alkyl carbamates (subject to hydrolysis) is 1. The van der Waals surface area contributed by atoms with Crippen LogP contribution in [0.5, 0.6) is 0 Å². The van der Waals surface area contributed by atoms with E-state index in [4.69, 9.17) is 14.6 Å². The monoisotopic (exact) mass is 578 g/mol. The summed E-state index contributed by atoms with van der Waals surface area (Å²) in [5, 5.41) is 19.7. The molecule has 2 atom stereocenters. The quantitative estimate of drug-likeness (QED) is 0.386. The van der Waals surface area contributed by atoms with Crippen LogP contribution in [-0.2, 0) is 61.9 Å². The number of nitrogens with two attached hydrogens (primary N) is 1. The average Bonchev–Trinajstić information content (AvgIpc) is 3.57. The molecule has 2 aliphatic carbocycles. The van der Waals surface area contributed by atoms with E-state index in [1.165, 1.54) is 35.4 Å². The largest absolute Gasteiger partial charge is 0.444 e. The second-order valence-electron chi connectivity index (χ2n) is 11.3. The van der Waals surface area contributed by atoms with Crippen molar-refractivity contribution in [2.75, 3.05) is 19.8 Å². The predicted molar refractivity (Wildman–Crippen MR) is 149 cm³/mol. The number of hydrogen-bond acceptors (Lipinski definition) is 8. The fourth-order valence-electron chi connectivity index (χ4n) is 5.04. The zero-order valence-electron chi connectivity index (χ0n) is 23.0. The Kier molecular flexibility index (Phi) is 8.82. The molecule has 1 aromatic heterocycles. The Morgan fingerprint density at radius 1 is 1.15 bits per heavy atom. The minimum absolute atomic E-state index is 0.0915. The lowest BCUT2D eigenvalue weighted by Crippen LogP contribution is -2.35. The first-order valence-electron chi connectivity index (χ1n) is 13.2. The first-order valence-corrected chi connectivity index (χ1v) is 15.6. The molecule has 214 valence electrons. The lowest BCUT2D eigenvalue weighted by atomic mass is 9.92. The Hall–Kier alpha value is -2.38. The van der Waals surface area contributed by atoms with E-state index in [9.17, 15) is 18.9 Å². The van der Waals surface area contributed by atoms with Crippen molar-refractivity contribution in [3.8, 4) is 0 Å². The third kappa shape index (κ3) is 7.43. The number of ether oxygens (including phenoxy) is 2. The molecule has 4 rings (SSSR count). The molecule has 0 saturated carbocycles. The summed E-state index contributed by atoms with van der Waals surface area (Å²) in [6, 6.07) is 2.30. The van der Waals surface area contributed by atoms with Crippen molar-refractivity contribution in [2.24, 2.45) is 9.50 Å². The fourth-order valence-corrected chi connectivity index (χ4v) is 7.21. The fraction of sp³-hybridized carbons (Fsp3) is 0.593. The van der Waals surface area contributed by atoms with E-state index in [0.29, 0.717) is 0 Å². The molecule has 1 aromatic carbocycles. The smallest absolute Gasteiger partial charge is 0.407 e. The molecule has 2 amide bonds. The van der Waals surface area contributed by atoms with Gasteiger partial charge >= 0.3 is 6.09 Å². The van der Waals surface area contributed by atoms with Gasteiger partial charge in [0, 0.05) is 6.54 Å². The van der Waals surface area contributed by atoms with Crippen LogP contribution in [0.15, 0.2) is 20.8 Å². The van der Waals surface area contributed by atoms with Crippen LogP contribution in [0.3, 0.4) is 0 Å². The van der Waals surface area contributed by atoms with Crippen LogP contribution < -0.4 is 10.5 Å². The molecule has 0 radical (unpaired) electrons. The molecule has 0 saturated heterocycles. The van der Waals surface area contributed by atoms with Crippen LogP contribution in [-0.4, -0.2) is 51.7 Å². The number of hydrogen-bond donors (Lipinski definition) is 3. The average molecular weight is 579 g/mol. The Bertz CT molecular complexity index is 1340. The number of amides is 2. The number of benzene rings is 1. The number of nitrogens with one attached hydrogen (secondary N) is 1.